The van der Waals surface area contributed by atoms with E-state index in [0.29, 0.717) is 0 Å². The van der Waals surface area contributed by atoms with Gasteiger partial charge >= 0.3 is 5.97 Å². The normalized spacial score (nSPS) is 6.28. The number of rotatable bonds is 6. The third kappa shape index (κ3) is 83.4. The van der Waals surface area contributed by atoms with Gasteiger partial charge in [0.2, 0.25) is 0 Å². The van der Waals surface area contributed by atoms with Gasteiger partial charge in [0, 0.05) is 159 Å². The smallest absolute Gasteiger partial charge is 0.336 e. The first-order chi connectivity index (χ1) is 6.28. The number of aliphatic hydroxyl groups is 1. The molecule has 0 aliphatic carbocycles. The maximum absolute atomic E-state index is 10.4. The third-order valence-electron chi connectivity index (χ3n) is 1.58. The minimum absolute atomic E-state index is 0. The second kappa shape index (κ2) is 83.3. The van der Waals surface area contributed by atoms with E-state index in [4.69, 9.17) is 5.11 Å². The molecule has 0 fully saturated rings. The van der Waals surface area contributed by atoms with E-state index in [1.807, 2.05) is 0 Å². The van der Waals surface area contributed by atoms with Gasteiger partial charge in [0.25, 0.3) is 0 Å². The van der Waals surface area contributed by atoms with Gasteiger partial charge in [-0.2, -0.15) is 0 Å². The van der Waals surface area contributed by atoms with Crippen molar-refractivity contribution in [3.05, 3.63) is 6.15 Å². The molecule has 32 heavy (non-hydrogen) atoms. The Bertz CT molecular complexity index is 317. The summed E-state index contributed by atoms with van der Waals surface area (Å²) < 4.78 is 0. The minimum Gasteiger partial charge on any atom is -0.813 e. The fourth-order valence-corrected chi connectivity index (χ4v) is 0.819. The number of nitrogens with two attached hydrogens (primary N) is 1. The van der Waals surface area contributed by atoms with Gasteiger partial charge in [0.15, 0.2) is 5.60 Å². The number of hydrogen-bond donors (Lipinski definition) is 2. The zero-order valence-electron chi connectivity index (χ0n) is 14.5. The summed E-state index contributed by atoms with van der Waals surface area (Å²) in [5.74, 6) is -5.14. The number of hydrogen-bond acceptors (Lipinski definition) is 15. The second-order valence-corrected chi connectivity index (χ2v) is 2.76. The quantitative estimate of drug-likeness (QED) is 0.147. The summed E-state index contributed by atoms with van der Waals surface area (Å²) in [6, 6.07) is 0. The average molecular weight is 1000 g/mol. The molecular weight excluding hydrogens is 986 g/mol. The van der Waals surface area contributed by atoms with Crippen LogP contribution >= 0.6 is 0 Å². The molecule has 4 N–H and O–H groups in total. The van der Waals surface area contributed by atoms with Crippen LogP contribution in [0.25, 0.3) is 6.15 Å². The Morgan fingerprint density at radius 2 is 0.844 bits per heavy atom. The molecule has 1 atom stereocenters. The molecule has 0 aromatic heterocycles. The van der Waals surface area contributed by atoms with E-state index in [0.717, 1.165) is 0 Å². The molecule has 0 aliphatic rings. The summed E-state index contributed by atoms with van der Waals surface area (Å²) in [5.41, 5.74) is -2.61. The molecule has 0 aliphatic heterocycles. The first kappa shape index (κ1) is 145. The van der Waals surface area contributed by atoms with Gasteiger partial charge in [-0.3, -0.25) is 0 Å². The van der Waals surface area contributed by atoms with Crippen LogP contribution in [-0.4, -0.2) is 33.7 Å². The zero-order valence-corrected chi connectivity index (χ0v) is 32.3. The molecular formula is C7H19Fe7MoNO7S9-12. The summed E-state index contributed by atoms with van der Waals surface area (Å²) in [6.07, 6.45) is -2.63. The average Bonchev–Trinajstić information content (AvgIpc) is 1.99. The zero-order chi connectivity index (χ0) is 11.4. The van der Waals surface area contributed by atoms with Crippen molar-refractivity contribution < 1.29 is 175 Å². The van der Waals surface area contributed by atoms with Gasteiger partial charge in [-0.05, 0) is 12.8 Å². The van der Waals surface area contributed by atoms with Crippen LogP contribution in [-0.2, 0) is 276 Å². The van der Waals surface area contributed by atoms with Crippen LogP contribution in [0.2, 0.25) is 0 Å². The van der Waals surface area contributed by atoms with Gasteiger partial charge in [-0.25, -0.2) is 4.79 Å². The second-order valence-electron chi connectivity index (χ2n) is 2.76. The topological polar surface area (TPSA) is 171 Å². The molecule has 0 spiro atoms. The number of carbonyl (C=O) groups excluding carboxylic acids is 2. The van der Waals surface area contributed by atoms with Crippen molar-refractivity contribution in [1.82, 2.24) is 0 Å². The Balaban J connectivity index is -0.00000000552. The van der Waals surface area contributed by atoms with Crippen molar-refractivity contribution in [2.45, 2.75) is 24.9 Å². The Labute approximate surface area is 340 Å². The van der Waals surface area contributed by atoms with Crippen molar-refractivity contribution in [2.24, 2.45) is 0 Å². The molecule has 222 valence electrons. The van der Waals surface area contributed by atoms with E-state index in [-0.39, 0.29) is 268 Å². The van der Waals surface area contributed by atoms with Gasteiger partial charge in [-0.15, -0.1) is 0 Å². The molecule has 1 unspecified atom stereocenters. The van der Waals surface area contributed by atoms with Crippen LogP contribution in [0.3, 0.4) is 0 Å². The first-order valence-corrected chi connectivity index (χ1v) is 3.63. The molecule has 0 heterocycles. The fourth-order valence-electron chi connectivity index (χ4n) is 0.819. The number of thiol groups is 9. The molecule has 8 nitrogen and oxygen atoms in total. The maximum Gasteiger partial charge on any atom is 0.336 e. The molecule has 0 aromatic rings. The van der Waals surface area contributed by atoms with E-state index in [2.05, 4.69) is 0 Å². The number of carboxylic acid groups (broad SMARTS) is 3. The van der Waals surface area contributed by atoms with Crippen LogP contribution in [0.1, 0.15) is 19.3 Å². The van der Waals surface area contributed by atoms with Crippen molar-refractivity contribution in [3.63, 3.8) is 0 Å². The summed E-state index contributed by atoms with van der Waals surface area (Å²) in [4.78, 5) is 30.5. The Morgan fingerprint density at radius 3 is 0.969 bits per heavy atom. The summed E-state index contributed by atoms with van der Waals surface area (Å²) in [6.45, 7) is 0. The molecule has 0 aromatic carbocycles. The van der Waals surface area contributed by atoms with Gasteiger partial charge < -0.3 is 158 Å². The van der Waals surface area contributed by atoms with Crippen LogP contribution < -0.4 is 10.2 Å². The van der Waals surface area contributed by atoms with E-state index in [1.165, 1.54) is 0 Å². The molecule has 0 rings (SSSR count). The molecule has 25 heteroatoms. The van der Waals surface area contributed by atoms with Gasteiger partial charge in [0.1, 0.15) is 0 Å². The monoisotopic (exact) mass is 1010 g/mol. The number of carbonyl (C=O) groups is 3. The molecule has 0 bridgehead atoms. The molecule has 0 saturated heterocycles. The van der Waals surface area contributed by atoms with Crippen molar-refractivity contribution >= 4 is 139 Å². The third-order valence-corrected chi connectivity index (χ3v) is 1.58. The number of carboxylic acids is 3. The van der Waals surface area contributed by atoms with Crippen molar-refractivity contribution in [1.29, 1.82) is 0 Å². The summed E-state index contributed by atoms with van der Waals surface area (Å²) in [7, 11) is 0. The van der Waals surface area contributed by atoms with Crippen LogP contribution in [0.5, 0.6) is 0 Å². The van der Waals surface area contributed by atoms with Crippen molar-refractivity contribution in [2.75, 3.05) is 0 Å². The summed E-state index contributed by atoms with van der Waals surface area (Å²) >= 11 is 0. The Kier molecular flexibility index (Phi) is 377. The number of aliphatic carboxylic acids is 3. The van der Waals surface area contributed by atoms with Crippen LogP contribution in [0.4, 0.5) is 0 Å². The molecule has 0 radical (unpaired) electrons. The maximum atomic E-state index is 10.4. The first-order valence-electron chi connectivity index (χ1n) is 3.63. The largest absolute Gasteiger partial charge is 0.813 e. The predicted octanol–water partition coefficient (Wildman–Crippen LogP) is -5.26. The minimum atomic E-state index is -2.61. The van der Waals surface area contributed by atoms with Crippen LogP contribution in [0, 0.1) is 0 Å². The SMILES string of the molecule is O=C([O-])CCC(O)(CC(=O)[O-])C(=O)O.[Fe].[Fe].[Fe].[Fe].[Fe].[Fe].[Fe].[Mo].[NH2-].[SH-].[SH-].[SH-].[SH-].[SH-].[SH-].[SH-].[SH-].[SH-]. The van der Waals surface area contributed by atoms with Crippen LogP contribution in [0.15, 0.2) is 0 Å². The van der Waals surface area contributed by atoms with E-state index < -0.39 is 42.8 Å². The molecule has 0 amide bonds. The molecule has 0 saturated carbocycles. The van der Waals surface area contributed by atoms with E-state index in [1.54, 1.807) is 0 Å². The summed E-state index contributed by atoms with van der Waals surface area (Å²) in [5, 5.41) is 37.7. The Hall–Kier alpha value is 5.80. The van der Waals surface area contributed by atoms with Crippen molar-refractivity contribution in [3.8, 4) is 0 Å². The fraction of sp³-hybridized carbons (Fsp3) is 0.571. The standard InChI is InChI=1S/C7H10O7.7Fe.Mo.H2N.9H2S/c8-4(9)1-2-7(14,6(12)13)3-5(10)11;;;;;;;;;;;;;;;;;;/h14H,1-3H2,(H,8,9)(H,10,11)(H,12,13);;;;;;;;;10*1H2/q;;;;;;;;;-1;;;;;;;;;/p-11. The van der Waals surface area contributed by atoms with E-state index >= 15 is 0 Å². The van der Waals surface area contributed by atoms with E-state index in [9.17, 15) is 29.7 Å². The predicted molar refractivity (Wildman–Crippen MR) is 121 cm³/mol. The van der Waals surface area contributed by atoms with Gasteiger partial charge in [0.05, 0.1) is 0 Å². The van der Waals surface area contributed by atoms with Gasteiger partial charge in [-0.1, -0.05) is 0 Å². The Morgan fingerprint density at radius 1 is 0.625 bits per heavy atom.